The lowest BCUT2D eigenvalue weighted by atomic mass is 10.1. The van der Waals surface area contributed by atoms with Crippen LogP contribution in [0.2, 0.25) is 0 Å². The zero-order valence-electron chi connectivity index (χ0n) is 16.2. The maximum atomic E-state index is 8.97. The van der Waals surface area contributed by atoms with Gasteiger partial charge in [0.2, 0.25) is 11.9 Å². The van der Waals surface area contributed by atoms with Crippen LogP contribution < -0.4 is 10.6 Å². The summed E-state index contributed by atoms with van der Waals surface area (Å²) in [6.45, 7) is 2.05. The summed E-state index contributed by atoms with van der Waals surface area (Å²) in [5.74, 6) is 3.61. The highest BCUT2D eigenvalue weighted by molar-refractivity contribution is 5.50. The molecule has 0 saturated heterocycles. The molecule has 2 fully saturated rings. The number of aromatic nitrogens is 5. The Labute approximate surface area is 168 Å². The molecule has 0 aliphatic heterocycles. The second kappa shape index (κ2) is 7.17. The molecule has 3 N–H and O–H groups in total. The number of anilines is 3. The van der Waals surface area contributed by atoms with Gasteiger partial charge in [-0.25, -0.2) is 0 Å². The molecular formula is C21H22N8. The Morgan fingerprint density at radius 3 is 2.45 bits per heavy atom. The fourth-order valence-electron chi connectivity index (χ4n) is 3.28. The second-order valence-electron chi connectivity index (χ2n) is 7.82. The van der Waals surface area contributed by atoms with E-state index in [1.165, 1.54) is 12.8 Å². The highest BCUT2D eigenvalue weighted by Gasteiger charge is 2.29. The molecule has 29 heavy (non-hydrogen) atoms. The van der Waals surface area contributed by atoms with Gasteiger partial charge in [-0.15, -0.1) is 0 Å². The minimum atomic E-state index is -0.00287. The van der Waals surface area contributed by atoms with Gasteiger partial charge in [0.25, 0.3) is 0 Å². The van der Waals surface area contributed by atoms with E-state index >= 15 is 0 Å². The molecule has 2 heterocycles. The monoisotopic (exact) mass is 386 g/mol. The Morgan fingerprint density at radius 1 is 1.03 bits per heavy atom. The van der Waals surface area contributed by atoms with Gasteiger partial charge < -0.3 is 10.6 Å². The van der Waals surface area contributed by atoms with Crippen molar-refractivity contribution in [3.8, 4) is 6.07 Å². The van der Waals surface area contributed by atoms with Gasteiger partial charge in [0, 0.05) is 23.6 Å². The first-order chi connectivity index (χ1) is 14.2. The molecule has 8 heteroatoms. The lowest BCUT2D eigenvalue weighted by molar-refractivity contribution is 0.829. The molecule has 1 atom stereocenters. The van der Waals surface area contributed by atoms with E-state index in [1.54, 1.807) is 0 Å². The van der Waals surface area contributed by atoms with Crippen LogP contribution in [-0.2, 0) is 0 Å². The molecule has 2 saturated carbocycles. The first kappa shape index (κ1) is 17.6. The summed E-state index contributed by atoms with van der Waals surface area (Å²) in [5, 5.41) is 23.0. The topological polar surface area (TPSA) is 115 Å². The zero-order chi connectivity index (χ0) is 19.8. The van der Waals surface area contributed by atoms with Gasteiger partial charge in [0.1, 0.15) is 5.82 Å². The number of rotatable bonds is 7. The first-order valence-electron chi connectivity index (χ1n) is 10.0. The van der Waals surface area contributed by atoms with Gasteiger partial charge in [0.05, 0.1) is 17.7 Å². The summed E-state index contributed by atoms with van der Waals surface area (Å²) in [7, 11) is 0. The van der Waals surface area contributed by atoms with Gasteiger partial charge in [-0.05, 0) is 50.3 Å². The Hall–Kier alpha value is -3.47. The average molecular weight is 386 g/mol. The molecule has 0 spiro atoms. The van der Waals surface area contributed by atoms with Crippen LogP contribution in [0, 0.1) is 11.3 Å². The predicted molar refractivity (Wildman–Crippen MR) is 109 cm³/mol. The Bertz CT molecular complexity index is 1060. The molecule has 1 unspecified atom stereocenters. The van der Waals surface area contributed by atoms with Crippen LogP contribution in [0.3, 0.4) is 0 Å². The smallest absolute Gasteiger partial charge is 0.233 e. The fraction of sp³-hybridized carbons (Fsp3) is 0.381. The van der Waals surface area contributed by atoms with Crippen LogP contribution in [0.15, 0.2) is 30.3 Å². The average Bonchev–Trinajstić information content (AvgIpc) is 3.66. The van der Waals surface area contributed by atoms with Crippen molar-refractivity contribution in [3.63, 3.8) is 0 Å². The first-order valence-corrected chi connectivity index (χ1v) is 10.0. The maximum absolute atomic E-state index is 8.97. The van der Waals surface area contributed by atoms with E-state index < -0.39 is 0 Å². The number of nitrogens with one attached hydrogen (secondary N) is 3. The van der Waals surface area contributed by atoms with Crippen LogP contribution in [0.4, 0.5) is 17.7 Å². The normalized spacial score (nSPS) is 16.8. The lowest BCUT2D eigenvalue weighted by Crippen LogP contribution is -2.13. The van der Waals surface area contributed by atoms with Gasteiger partial charge in [0.15, 0.2) is 5.82 Å². The van der Waals surface area contributed by atoms with Gasteiger partial charge >= 0.3 is 0 Å². The van der Waals surface area contributed by atoms with E-state index in [4.69, 9.17) is 5.26 Å². The molecule has 3 aromatic rings. The molecule has 2 aliphatic carbocycles. The van der Waals surface area contributed by atoms with Crippen molar-refractivity contribution in [2.45, 2.75) is 50.5 Å². The van der Waals surface area contributed by atoms with E-state index in [-0.39, 0.29) is 6.04 Å². The van der Waals surface area contributed by atoms with Crippen molar-refractivity contribution in [3.05, 3.63) is 53.0 Å². The van der Waals surface area contributed by atoms with Crippen molar-refractivity contribution in [1.82, 2.24) is 25.1 Å². The van der Waals surface area contributed by atoms with Gasteiger partial charge in [-0.2, -0.15) is 25.3 Å². The fourth-order valence-corrected chi connectivity index (χ4v) is 3.28. The molecule has 0 bridgehead atoms. The van der Waals surface area contributed by atoms with E-state index in [1.807, 2.05) is 37.3 Å². The standard InChI is InChI=1S/C21H22N8/c1-12(14-4-2-13(11-22)3-5-14)23-20-25-19(16-8-9-16)26-21(27-20)24-18-10-17(28-29-18)15-6-7-15/h2-5,10,12,15-16H,6-9H2,1H3,(H3,23,24,25,26,27,28,29). The van der Waals surface area contributed by atoms with Crippen molar-refractivity contribution in [1.29, 1.82) is 5.26 Å². The summed E-state index contributed by atoms with van der Waals surface area (Å²) in [6.07, 6.45) is 4.67. The van der Waals surface area contributed by atoms with E-state index in [9.17, 15) is 0 Å². The zero-order valence-corrected chi connectivity index (χ0v) is 16.2. The highest BCUT2D eigenvalue weighted by atomic mass is 15.3. The number of nitrogens with zero attached hydrogens (tertiary/aromatic N) is 5. The molecule has 2 aromatic heterocycles. The molecular weight excluding hydrogens is 364 g/mol. The number of hydrogen-bond acceptors (Lipinski definition) is 7. The quantitative estimate of drug-likeness (QED) is 0.559. The molecule has 8 nitrogen and oxygen atoms in total. The molecule has 2 aliphatic rings. The van der Waals surface area contributed by atoms with Gasteiger partial charge in [-0.1, -0.05) is 12.1 Å². The summed E-state index contributed by atoms with van der Waals surface area (Å²) in [5.41, 5.74) is 2.87. The largest absolute Gasteiger partial charge is 0.348 e. The van der Waals surface area contributed by atoms with Crippen LogP contribution in [0.5, 0.6) is 0 Å². The van der Waals surface area contributed by atoms with E-state index in [0.717, 1.165) is 35.7 Å². The third-order valence-corrected chi connectivity index (χ3v) is 5.34. The molecule has 5 rings (SSSR count). The van der Waals surface area contributed by atoms with Crippen molar-refractivity contribution < 1.29 is 0 Å². The van der Waals surface area contributed by atoms with Crippen molar-refractivity contribution >= 4 is 17.7 Å². The Morgan fingerprint density at radius 2 is 1.76 bits per heavy atom. The second-order valence-corrected chi connectivity index (χ2v) is 7.82. The number of H-pyrrole nitrogens is 1. The van der Waals surface area contributed by atoms with Crippen molar-refractivity contribution in [2.75, 3.05) is 10.6 Å². The van der Waals surface area contributed by atoms with E-state index in [2.05, 4.69) is 41.9 Å². The minimum Gasteiger partial charge on any atom is -0.348 e. The number of aromatic amines is 1. The van der Waals surface area contributed by atoms with E-state index in [0.29, 0.717) is 29.3 Å². The minimum absolute atomic E-state index is 0.00287. The number of nitriles is 1. The summed E-state index contributed by atoms with van der Waals surface area (Å²) < 4.78 is 0. The van der Waals surface area contributed by atoms with Crippen LogP contribution >= 0.6 is 0 Å². The number of hydrogen-bond donors (Lipinski definition) is 3. The molecule has 0 amide bonds. The highest BCUT2D eigenvalue weighted by Crippen LogP contribution is 2.40. The van der Waals surface area contributed by atoms with Crippen LogP contribution in [-0.4, -0.2) is 25.1 Å². The van der Waals surface area contributed by atoms with Crippen LogP contribution in [0.25, 0.3) is 0 Å². The molecule has 0 radical (unpaired) electrons. The van der Waals surface area contributed by atoms with Crippen LogP contribution in [0.1, 0.15) is 73.1 Å². The Balaban J connectivity index is 1.36. The Kier molecular flexibility index (Phi) is 4.35. The summed E-state index contributed by atoms with van der Waals surface area (Å²) in [6, 6.07) is 11.7. The molecule has 1 aromatic carbocycles. The lowest BCUT2D eigenvalue weighted by Gasteiger charge is -2.15. The third kappa shape index (κ3) is 4.04. The maximum Gasteiger partial charge on any atom is 0.233 e. The summed E-state index contributed by atoms with van der Waals surface area (Å²) >= 11 is 0. The van der Waals surface area contributed by atoms with Crippen molar-refractivity contribution in [2.24, 2.45) is 0 Å². The SMILES string of the molecule is CC(Nc1nc(Nc2cc(C3CC3)[nH]n2)nc(C2CC2)n1)c1ccc(C#N)cc1. The van der Waals surface area contributed by atoms with Gasteiger partial charge in [-0.3, -0.25) is 5.10 Å². The summed E-state index contributed by atoms with van der Waals surface area (Å²) in [4.78, 5) is 13.8. The number of benzene rings is 1. The predicted octanol–water partition coefficient (Wildman–Crippen LogP) is 4.14. The molecule has 146 valence electrons. The third-order valence-electron chi connectivity index (χ3n) is 5.34.